The van der Waals surface area contributed by atoms with Crippen LogP contribution in [0.5, 0.6) is 0 Å². The van der Waals surface area contributed by atoms with E-state index in [4.69, 9.17) is 16.2 Å². The largest absolute Gasteiger partial charge is 0.460 e. The highest BCUT2D eigenvalue weighted by Crippen LogP contribution is 2.33. The fraction of sp³-hybridized carbons (Fsp3) is 0.870. The van der Waals surface area contributed by atoms with Crippen molar-refractivity contribution in [3.8, 4) is 0 Å². The molecule has 0 aromatic heterocycles. The van der Waals surface area contributed by atoms with Crippen molar-refractivity contribution in [2.75, 3.05) is 6.54 Å². The first-order valence-electron chi connectivity index (χ1n) is 11.7. The Morgan fingerprint density at radius 1 is 1.00 bits per heavy atom. The minimum atomic E-state index is -0.400. The third kappa shape index (κ3) is 9.35. The molecular formula is C23H42N4O3. The molecule has 2 fully saturated rings. The Bertz CT molecular complexity index is 588. The maximum Gasteiger partial charge on any atom is 0.306 e. The minimum absolute atomic E-state index is 0.0236. The zero-order chi connectivity index (χ0) is 22.1. The van der Waals surface area contributed by atoms with Crippen LogP contribution in [0.1, 0.15) is 91.4 Å². The van der Waals surface area contributed by atoms with Gasteiger partial charge in [-0.15, -0.1) is 0 Å². The number of nitrogens with two attached hydrogens (primary N) is 2. The topological polar surface area (TPSA) is 120 Å². The van der Waals surface area contributed by atoms with E-state index in [9.17, 15) is 9.59 Å². The maximum absolute atomic E-state index is 12.5. The Balaban J connectivity index is 1.59. The minimum Gasteiger partial charge on any atom is -0.460 e. The quantitative estimate of drug-likeness (QED) is 0.315. The average molecular weight is 423 g/mol. The first kappa shape index (κ1) is 24.5. The summed E-state index contributed by atoms with van der Waals surface area (Å²) in [6, 6.07) is 0.0791. The van der Waals surface area contributed by atoms with Gasteiger partial charge in [-0.25, -0.2) is 0 Å². The van der Waals surface area contributed by atoms with Crippen molar-refractivity contribution in [1.29, 1.82) is 0 Å². The average Bonchev–Trinajstić information content (AvgIpc) is 2.65. The number of ether oxygens (including phenoxy) is 1. The smallest absolute Gasteiger partial charge is 0.306 e. The van der Waals surface area contributed by atoms with Gasteiger partial charge in [-0.3, -0.25) is 14.6 Å². The summed E-state index contributed by atoms with van der Waals surface area (Å²) >= 11 is 0. The molecule has 0 aromatic carbocycles. The second kappa shape index (κ2) is 11.6. The van der Waals surface area contributed by atoms with Gasteiger partial charge < -0.3 is 21.5 Å². The van der Waals surface area contributed by atoms with Crippen LogP contribution in [0.15, 0.2) is 4.99 Å². The number of nitrogens with zero attached hydrogens (tertiary/aromatic N) is 1. The molecule has 2 atom stereocenters. The van der Waals surface area contributed by atoms with Crippen molar-refractivity contribution in [2.45, 2.75) is 103 Å². The predicted octanol–water partition coefficient (Wildman–Crippen LogP) is 3.25. The summed E-state index contributed by atoms with van der Waals surface area (Å²) in [6.45, 7) is 6.47. The molecule has 0 aliphatic heterocycles. The number of hydrogen-bond donors (Lipinski definition) is 3. The van der Waals surface area contributed by atoms with E-state index in [1.807, 2.05) is 20.8 Å². The molecule has 0 radical (unpaired) electrons. The first-order chi connectivity index (χ1) is 14.1. The van der Waals surface area contributed by atoms with E-state index in [1.165, 1.54) is 25.7 Å². The highest BCUT2D eigenvalue weighted by atomic mass is 16.6. The van der Waals surface area contributed by atoms with Crippen LogP contribution >= 0.6 is 0 Å². The van der Waals surface area contributed by atoms with Gasteiger partial charge in [0.1, 0.15) is 5.60 Å². The van der Waals surface area contributed by atoms with E-state index in [0.29, 0.717) is 18.3 Å². The van der Waals surface area contributed by atoms with Crippen LogP contribution in [-0.2, 0) is 14.3 Å². The Hall–Kier alpha value is -1.79. The van der Waals surface area contributed by atoms with Gasteiger partial charge in [0.25, 0.3) is 0 Å². The Morgan fingerprint density at radius 3 is 2.23 bits per heavy atom. The molecule has 2 saturated carbocycles. The van der Waals surface area contributed by atoms with Gasteiger partial charge in [-0.1, -0.05) is 32.1 Å². The van der Waals surface area contributed by atoms with Crippen LogP contribution < -0.4 is 16.8 Å². The van der Waals surface area contributed by atoms with E-state index >= 15 is 0 Å². The molecule has 0 aromatic rings. The van der Waals surface area contributed by atoms with Crippen molar-refractivity contribution >= 4 is 17.8 Å². The highest BCUT2D eigenvalue weighted by molar-refractivity contribution is 5.79. The van der Waals surface area contributed by atoms with Crippen molar-refractivity contribution in [2.24, 2.45) is 34.2 Å². The van der Waals surface area contributed by atoms with E-state index in [2.05, 4.69) is 10.3 Å². The van der Waals surface area contributed by atoms with Gasteiger partial charge >= 0.3 is 5.97 Å². The molecule has 2 aliphatic rings. The van der Waals surface area contributed by atoms with Crippen molar-refractivity contribution in [3.63, 3.8) is 0 Å². The number of nitrogens with one attached hydrogen (secondary N) is 1. The third-order valence-electron chi connectivity index (χ3n) is 6.34. The Morgan fingerprint density at radius 2 is 1.63 bits per heavy atom. The van der Waals surface area contributed by atoms with Crippen molar-refractivity contribution < 1.29 is 14.3 Å². The molecule has 0 spiro atoms. The molecule has 2 rings (SSSR count). The summed E-state index contributed by atoms with van der Waals surface area (Å²) in [5.41, 5.74) is 10.6. The lowest BCUT2D eigenvalue weighted by molar-refractivity contribution is -0.155. The molecule has 2 unspecified atom stereocenters. The second-order valence-corrected chi connectivity index (χ2v) is 10.2. The number of rotatable bonds is 8. The number of hydrogen-bond acceptors (Lipinski definition) is 4. The van der Waals surface area contributed by atoms with E-state index in [-0.39, 0.29) is 29.8 Å². The highest BCUT2D eigenvalue weighted by Gasteiger charge is 2.27. The summed E-state index contributed by atoms with van der Waals surface area (Å²) in [5.74, 6) is 1.49. The molecule has 0 bridgehead atoms. The molecule has 7 heteroatoms. The van der Waals surface area contributed by atoms with E-state index in [0.717, 1.165) is 45.1 Å². The SMILES string of the molecule is CC(C)(C)OC(=O)CCC1CCC(CCNC(=O)C2CCCC(N=C(N)N)C2)CC1. The maximum atomic E-state index is 12.5. The zero-order valence-corrected chi connectivity index (χ0v) is 19.1. The number of carbonyl (C=O) groups excluding carboxylic acids is 2. The van der Waals surface area contributed by atoms with Gasteiger partial charge in [0.05, 0.1) is 6.04 Å². The van der Waals surface area contributed by atoms with Crippen LogP contribution in [0.2, 0.25) is 0 Å². The fourth-order valence-electron chi connectivity index (χ4n) is 4.80. The van der Waals surface area contributed by atoms with Gasteiger partial charge in [0, 0.05) is 18.9 Å². The van der Waals surface area contributed by atoms with Gasteiger partial charge in [-0.05, 0) is 64.7 Å². The molecule has 7 nitrogen and oxygen atoms in total. The zero-order valence-electron chi connectivity index (χ0n) is 19.1. The number of carbonyl (C=O) groups is 2. The van der Waals surface area contributed by atoms with E-state index in [1.54, 1.807) is 0 Å². The monoisotopic (exact) mass is 422 g/mol. The van der Waals surface area contributed by atoms with Crippen LogP contribution in [0.25, 0.3) is 0 Å². The Kier molecular flexibility index (Phi) is 9.43. The summed E-state index contributed by atoms with van der Waals surface area (Å²) in [6.07, 6.45) is 10.8. The summed E-state index contributed by atoms with van der Waals surface area (Å²) < 4.78 is 5.40. The number of amides is 1. The standard InChI is InChI=1S/C23H42N4O3/c1-23(2,3)30-20(28)12-11-16-7-9-17(10-8-16)13-14-26-21(29)18-5-4-6-19(15-18)27-22(24)25/h16-19H,4-15H2,1-3H3,(H,26,29)(H4,24,25,27). The molecular weight excluding hydrogens is 380 g/mol. The van der Waals surface area contributed by atoms with Crippen molar-refractivity contribution in [3.05, 3.63) is 0 Å². The molecule has 172 valence electrons. The molecule has 30 heavy (non-hydrogen) atoms. The molecule has 0 heterocycles. The lowest BCUT2D eigenvalue weighted by Gasteiger charge is -2.29. The Labute approximate surface area is 181 Å². The normalized spacial score (nSPS) is 27.2. The lowest BCUT2D eigenvalue weighted by Crippen LogP contribution is -2.37. The lowest BCUT2D eigenvalue weighted by atomic mass is 9.78. The fourth-order valence-corrected chi connectivity index (χ4v) is 4.80. The predicted molar refractivity (Wildman–Crippen MR) is 120 cm³/mol. The van der Waals surface area contributed by atoms with Crippen LogP contribution in [-0.4, -0.2) is 36.0 Å². The number of esters is 1. The first-order valence-corrected chi connectivity index (χ1v) is 11.7. The summed E-state index contributed by atoms with van der Waals surface area (Å²) in [7, 11) is 0. The number of guanidine groups is 1. The van der Waals surface area contributed by atoms with E-state index < -0.39 is 5.60 Å². The molecule has 0 saturated heterocycles. The third-order valence-corrected chi connectivity index (χ3v) is 6.34. The molecule has 1 amide bonds. The van der Waals surface area contributed by atoms with Gasteiger partial charge in [0.2, 0.25) is 5.91 Å². The number of aliphatic imine (C=N–C) groups is 1. The summed E-state index contributed by atoms with van der Waals surface area (Å²) in [4.78, 5) is 28.6. The molecule has 2 aliphatic carbocycles. The molecule has 5 N–H and O–H groups in total. The van der Waals surface area contributed by atoms with Gasteiger partial charge in [0.15, 0.2) is 5.96 Å². The summed E-state index contributed by atoms with van der Waals surface area (Å²) in [5, 5.41) is 3.14. The van der Waals surface area contributed by atoms with Crippen LogP contribution in [0.4, 0.5) is 0 Å². The van der Waals surface area contributed by atoms with Crippen molar-refractivity contribution in [1.82, 2.24) is 5.32 Å². The van der Waals surface area contributed by atoms with Crippen LogP contribution in [0.3, 0.4) is 0 Å². The van der Waals surface area contributed by atoms with Gasteiger partial charge in [-0.2, -0.15) is 0 Å². The second-order valence-electron chi connectivity index (χ2n) is 10.2. The van der Waals surface area contributed by atoms with Crippen LogP contribution in [0, 0.1) is 17.8 Å².